The van der Waals surface area contributed by atoms with E-state index in [4.69, 9.17) is 0 Å². The Morgan fingerprint density at radius 3 is 2.69 bits per heavy atom. The summed E-state index contributed by atoms with van der Waals surface area (Å²) in [6.07, 6.45) is 7.30. The summed E-state index contributed by atoms with van der Waals surface area (Å²) in [6, 6.07) is 0.634. The first-order valence-electron chi connectivity index (χ1n) is 5.40. The lowest BCUT2D eigenvalue weighted by Gasteiger charge is -2.33. The fourth-order valence-corrected chi connectivity index (χ4v) is 2.76. The van der Waals surface area contributed by atoms with Gasteiger partial charge in [-0.05, 0) is 37.6 Å². The monoisotopic (exact) mass is 181 g/mol. The molecule has 0 bridgehead atoms. The molecule has 0 aliphatic heterocycles. The van der Waals surface area contributed by atoms with Gasteiger partial charge in [0.15, 0.2) is 0 Å². The molecule has 2 atom stereocenters. The van der Waals surface area contributed by atoms with Gasteiger partial charge in [0, 0.05) is 6.04 Å². The van der Waals surface area contributed by atoms with Gasteiger partial charge in [-0.1, -0.05) is 26.3 Å². The van der Waals surface area contributed by atoms with Crippen LogP contribution in [0.5, 0.6) is 0 Å². The third-order valence-electron chi connectivity index (χ3n) is 3.62. The van der Waals surface area contributed by atoms with Crippen LogP contribution in [0, 0.1) is 11.3 Å². The highest BCUT2D eigenvalue weighted by Gasteiger charge is 2.38. The predicted octanol–water partition coefficient (Wildman–Crippen LogP) is 2.98. The van der Waals surface area contributed by atoms with Gasteiger partial charge in [-0.2, -0.15) is 0 Å². The Morgan fingerprint density at radius 2 is 2.31 bits per heavy atom. The lowest BCUT2D eigenvalue weighted by atomic mass is 9.76. The van der Waals surface area contributed by atoms with Gasteiger partial charge in [-0.25, -0.2) is 0 Å². The van der Waals surface area contributed by atoms with Crippen LogP contribution in [-0.4, -0.2) is 13.1 Å². The van der Waals surface area contributed by atoms with E-state index < -0.39 is 0 Å². The number of rotatable bonds is 4. The molecule has 13 heavy (non-hydrogen) atoms. The molecule has 76 valence electrons. The van der Waals surface area contributed by atoms with Crippen LogP contribution in [0.2, 0.25) is 0 Å². The second-order valence-electron chi connectivity index (χ2n) is 4.91. The first-order chi connectivity index (χ1) is 6.11. The Bertz CT molecular complexity index is 172. The molecule has 0 amide bonds. The molecule has 1 heteroatoms. The molecule has 1 nitrogen and oxygen atoms in total. The Labute approximate surface area is 82.6 Å². The van der Waals surface area contributed by atoms with Crippen molar-refractivity contribution < 1.29 is 0 Å². The van der Waals surface area contributed by atoms with Crippen LogP contribution in [0.15, 0.2) is 12.7 Å². The lowest BCUT2D eigenvalue weighted by Crippen LogP contribution is -2.38. The SMILES string of the molecule is C=CCC(NC)C1CCCC1(C)C. The van der Waals surface area contributed by atoms with Crippen LogP contribution in [0.3, 0.4) is 0 Å². The molecule has 1 saturated carbocycles. The molecule has 2 unspecified atom stereocenters. The van der Waals surface area contributed by atoms with Gasteiger partial charge < -0.3 is 5.32 Å². The molecule has 0 aromatic heterocycles. The molecule has 0 saturated heterocycles. The van der Waals surface area contributed by atoms with E-state index in [2.05, 4.69) is 32.8 Å². The molecule has 1 N–H and O–H groups in total. The molecule has 1 aliphatic rings. The van der Waals surface area contributed by atoms with E-state index in [0.717, 1.165) is 12.3 Å². The van der Waals surface area contributed by atoms with Crippen molar-refractivity contribution >= 4 is 0 Å². The molecule has 1 fully saturated rings. The van der Waals surface area contributed by atoms with Gasteiger partial charge in [0.2, 0.25) is 0 Å². The summed E-state index contributed by atoms with van der Waals surface area (Å²) in [5.74, 6) is 0.829. The first kappa shape index (κ1) is 10.8. The summed E-state index contributed by atoms with van der Waals surface area (Å²) in [6.45, 7) is 8.63. The van der Waals surface area contributed by atoms with Crippen LogP contribution in [-0.2, 0) is 0 Å². The molecular weight excluding hydrogens is 158 g/mol. The van der Waals surface area contributed by atoms with Crippen molar-refractivity contribution in [2.75, 3.05) is 7.05 Å². The average Bonchev–Trinajstić information content (AvgIpc) is 2.41. The van der Waals surface area contributed by atoms with E-state index >= 15 is 0 Å². The lowest BCUT2D eigenvalue weighted by molar-refractivity contribution is 0.203. The van der Waals surface area contributed by atoms with Crippen LogP contribution in [0.4, 0.5) is 0 Å². The van der Waals surface area contributed by atoms with Crippen molar-refractivity contribution in [3.05, 3.63) is 12.7 Å². The van der Waals surface area contributed by atoms with E-state index in [0.29, 0.717) is 11.5 Å². The third-order valence-corrected chi connectivity index (χ3v) is 3.62. The maximum absolute atomic E-state index is 3.83. The summed E-state index contributed by atoms with van der Waals surface area (Å²) in [5.41, 5.74) is 0.524. The van der Waals surface area contributed by atoms with Gasteiger partial charge in [-0.3, -0.25) is 0 Å². The first-order valence-corrected chi connectivity index (χ1v) is 5.40. The fraction of sp³-hybridized carbons (Fsp3) is 0.833. The van der Waals surface area contributed by atoms with Crippen LogP contribution in [0.25, 0.3) is 0 Å². The van der Waals surface area contributed by atoms with Crippen molar-refractivity contribution in [2.24, 2.45) is 11.3 Å². The Kier molecular flexibility index (Phi) is 3.55. The summed E-state index contributed by atoms with van der Waals surface area (Å²) in [4.78, 5) is 0. The zero-order valence-electron chi connectivity index (χ0n) is 9.27. The van der Waals surface area contributed by atoms with Crippen LogP contribution < -0.4 is 5.32 Å². The quantitative estimate of drug-likeness (QED) is 0.657. The summed E-state index contributed by atoms with van der Waals surface area (Å²) in [5, 5.41) is 3.43. The standard InChI is InChI=1S/C12H23N/c1-5-7-11(13-4)10-8-6-9-12(10,2)3/h5,10-11,13H,1,6-9H2,2-4H3. The fourth-order valence-electron chi connectivity index (χ4n) is 2.76. The minimum atomic E-state index is 0.524. The van der Waals surface area contributed by atoms with Gasteiger partial charge in [0.25, 0.3) is 0 Å². The largest absolute Gasteiger partial charge is 0.316 e. The zero-order valence-corrected chi connectivity index (χ0v) is 9.27. The normalized spacial score (nSPS) is 28.7. The van der Waals surface area contributed by atoms with Crippen molar-refractivity contribution in [1.82, 2.24) is 5.32 Å². The number of hydrogen-bond acceptors (Lipinski definition) is 1. The van der Waals surface area contributed by atoms with E-state index in [9.17, 15) is 0 Å². The summed E-state index contributed by atoms with van der Waals surface area (Å²) >= 11 is 0. The minimum Gasteiger partial charge on any atom is -0.316 e. The van der Waals surface area contributed by atoms with Gasteiger partial charge in [0.1, 0.15) is 0 Å². The van der Waals surface area contributed by atoms with E-state index in [-0.39, 0.29) is 0 Å². The number of nitrogens with one attached hydrogen (secondary N) is 1. The highest BCUT2D eigenvalue weighted by molar-refractivity contribution is 4.94. The molecule has 0 heterocycles. The summed E-state index contributed by atoms with van der Waals surface area (Å²) in [7, 11) is 2.07. The van der Waals surface area contributed by atoms with E-state index in [1.54, 1.807) is 0 Å². The maximum Gasteiger partial charge on any atom is 0.0132 e. The third kappa shape index (κ3) is 2.34. The Balaban J connectivity index is 2.62. The molecular formula is C12H23N. The highest BCUT2D eigenvalue weighted by atomic mass is 14.9. The van der Waals surface area contributed by atoms with E-state index in [1.807, 2.05) is 6.08 Å². The molecule has 0 spiro atoms. The maximum atomic E-state index is 3.83. The summed E-state index contributed by atoms with van der Waals surface area (Å²) < 4.78 is 0. The predicted molar refractivity (Wildman–Crippen MR) is 58.8 cm³/mol. The average molecular weight is 181 g/mol. The molecule has 0 aromatic carbocycles. The molecule has 0 aromatic rings. The van der Waals surface area contributed by atoms with Crippen LogP contribution >= 0.6 is 0 Å². The Morgan fingerprint density at radius 1 is 1.62 bits per heavy atom. The Hall–Kier alpha value is -0.300. The second kappa shape index (κ2) is 4.28. The smallest absolute Gasteiger partial charge is 0.0132 e. The van der Waals surface area contributed by atoms with Gasteiger partial charge >= 0.3 is 0 Å². The van der Waals surface area contributed by atoms with Crippen molar-refractivity contribution in [2.45, 2.75) is 45.6 Å². The van der Waals surface area contributed by atoms with Crippen LogP contribution in [0.1, 0.15) is 39.5 Å². The zero-order chi connectivity index (χ0) is 9.90. The highest BCUT2D eigenvalue weighted by Crippen LogP contribution is 2.44. The van der Waals surface area contributed by atoms with Crippen molar-refractivity contribution in [1.29, 1.82) is 0 Å². The molecule has 0 radical (unpaired) electrons. The van der Waals surface area contributed by atoms with Gasteiger partial charge in [-0.15, -0.1) is 6.58 Å². The van der Waals surface area contributed by atoms with E-state index in [1.165, 1.54) is 19.3 Å². The minimum absolute atomic E-state index is 0.524. The molecule has 1 aliphatic carbocycles. The topological polar surface area (TPSA) is 12.0 Å². The second-order valence-corrected chi connectivity index (χ2v) is 4.91. The molecule has 1 rings (SSSR count). The number of hydrogen-bond donors (Lipinski definition) is 1. The van der Waals surface area contributed by atoms with Crippen molar-refractivity contribution in [3.63, 3.8) is 0 Å². The van der Waals surface area contributed by atoms with Gasteiger partial charge in [0.05, 0.1) is 0 Å². The van der Waals surface area contributed by atoms with Crippen molar-refractivity contribution in [3.8, 4) is 0 Å².